The van der Waals surface area contributed by atoms with Crippen LogP contribution in [0.3, 0.4) is 0 Å². The standard InChI is InChI=1S/C20H18FN7O2/c1-11(25-27(2)20(22)30)15-5-6-18-24-10-17(28(18)26-15)19(29)13-8-12-4-3-7-23-16(12)9-14(13)21/h3-10,19,29H,1-2H3,(H2,22,30)/b25-11-. The fourth-order valence-corrected chi connectivity index (χ4v) is 3.08. The number of rotatable bonds is 4. The predicted molar refractivity (Wildman–Crippen MR) is 108 cm³/mol. The number of carbonyl (C=O) groups excluding carboxylic acids is 1. The molecule has 0 fully saturated rings. The number of aliphatic hydroxyl groups excluding tert-OH is 1. The average molecular weight is 407 g/mol. The summed E-state index contributed by atoms with van der Waals surface area (Å²) in [4.78, 5) is 19.5. The second-order valence-electron chi connectivity index (χ2n) is 6.69. The summed E-state index contributed by atoms with van der Waals surface area (Å²) in [5, 5.41) is 21.1. The van der Waals surface area contributed by atoms with Crippen molar-refractivity contribution in [3.8, 4) is 0 Å². The lowest BCUT2D eigenvalue weighted by molar-refractivity contribution is 0.208. The van der Waals surface area contributed by atoms with Crippen LogP contribution in [0.5, 0.6) is 0 Å². The number of hydrogen-bond donors (Lipinski definition) is 2. The van der Waals surface area contributed by atoms with Crippen LogP contribution in [0.25, 0.3) is 16.6 Å². The molecule has 0 saturated carbocycles. The number of hydrogen-bond acceptors (Lipinski definition) is 6. The van der Waals surface area contributed by atoms with E-state index in [0.29, 0.717) is 28.0 Å². The first kappa shape index (κ1) is 19.4. The zero-order valence-corrected chi connectivity index (χ0v) is 16.2. The van der Waals surface area contributed by atoms with Crippen molar-refractivity contribution in [3.05, 3.63) is 71.6 Å². The number of nitrogens with zero attached hydrogens (tertiary/aromatic N) is 6. The van der Waals surface area contributed by atoms with Gasteiger partial charge in [0.05, 0.1) is 23.1 Å². The molecule has 0 aliphatic heterocycles. The monoisotopic (exact) mass is 407 g/mol. The first-order valence-corrected chi connectivity index (χ1v) is 9.01. The molecule has 1 unspecified atom stereocenters. The number of urea groups is 1. The molecule has 9 nitrogen and oxygen atoms in total. The lowest BCUT2D eigenvalue weighted by Crippen LogP contribution is -2.28. The number of fused-ring (bicyclic) bond motifs is 2. The number of primary amides is 1. The highest BCUT2D eigenvalue weighted by Gasteiger charge is 2.21. The summed E-state index contributed by atoms with van der Waals surface area (Å²) in [7, 11) is 1.42. The van der Waals surface area contributed by atoms with Gasteiger partial charge in [-0.05, 0) is 31.2 Å². The van der Waals surface area contributed by atoms with Crippen molar-refractivity contribution in [2.45, 2.75) is 13.0 Å². The molecule has 4 aromatic rings. The fourth-order valence-electron chi connectivity index (χ4n) is 3.08. The normalized spacial score (nSPS) is 13.0. The van der Waals surface area contributed by atoms with Gasteiger partial charge in [-0.3, -0.25) is 4.98 Å². The van der Waals surface area contributed by atoms with E-state index in [-0.39, 0.29) is 11.3 Å². The van der Waals surface area contributed by atoms with E-state index in [1.165, 1.54) is 23.8 Å². The van der Waals surface area contributed by atoms with Crippen LogP contribution in [0, 0.1) is 5.82 Å². The highest BCUT2D eigenvalue weighted by Crippen LogP contribution is 2.28. The maximum absolute atomic E-state index is 14.7. The molecule has 4 rings (SSSR count). The van der Waals surface area contributed by atoms with Gasteiger partial charge in [-0.1, -0.05) is 6.07 Å². The van der Waals surface area contributed by atoms with Crippen molar-refractivity contribution < 1.29 is 14.3 Å². The van der Waals surface area contributed by atoms with Crippen molar-refractivity contribution in [1.29, 1.82) is 0 Å². The van der Waals surface area contributed by atoms with Crippen LogP contribution in [0.4, 0.5) is 9.18 Å². The Bertz CT molecular complexity index is 1300. The van der Waals surface area contributed by atoms with Crippen LogP contribution in [0.15, 0.2) is 53.9 Å². The molecule has 0 bridgehead atoms. The number of hydrazone groups is 1. The molecule has 3 N–H and O–H groups in total. The van der Waals surface area contributed by atoms with Crippen molar-refractivity contribution in [2.24, 2.45) is 10.8 Å². The van der Waals surface area contributed by atoms with Gasteiger partial charge in [0.15, 0.2) is 5.65 Å². The van der Waals surface area contributed by atoms with Crippen molar-refractivity contribution in [3.63, 3.8) is 0 Å². The maximum Gasteiger partial charge on any atom is 0.334 e. The molecule has 0 saturated heterocycles. The minimum atomic E-state index is -1.31. The third-order valence-corrected chi connectivity index (χ3v) is 4.67. The van der Waals surface area contributed by atoms with Gasteiger partial charge in [-0.15, -0.1) is 0 Å². The van der Waals surface area contributed by atoms with E-state index in [1.54, 1.807) is 43.5 Å². The number of benzene rings is 1. The molecule has 152 valence electrons. The maximum atomic E-state index is 14.7. The zero-order valence-electron chi connectivity index (χ0n) is 16.2. The highest BCUT2D eigenvalue weighted by atomic mass is 19.1. The van der Waals surface area contributed by atoms with Crippen LogP contribution in [-0.4, -0.2) is 48.5 Å². The third kappa shape index (κ3) is 3.44. The van der Waals surface area contributed by atoms with Gasteiger partial charge in [-0.25, -0.2) is 23.7 Å². The minimum Gasteiger partial charge on any atom is -0.382 e. The Labute approximate surface area is 170 Å². The van der Waals surface area contributed by atoms with Crippen molar-refractivity contribution >= 4 is 28.3 Å². The average Bonchev–Trinajstić information content (AvgIpc) is 3.15. The summed E-state index contributed by atoms with van der Waals surface area (Å²) in [5.41, 5.74) is 7.38. The quantitative estimate of drug-likeness (QED) is 0.397. The van der Waals surface area contributed by atoms with E-state index in [1.807, 2.05) is 0 Å². The number of nitrogens with two attached hydrogens (primary N) is 1. The second-order valence-corrected chi connectivity index (χ2v) is 6.69. The molecule has 0 aliphatic carbocycles. The molecule has 0 radical (unpaired) electrons. The molecule has 10 heteroatoms. The molecule has 1 aromatic carbocycles. The van der Waals surface area contributed by atoms with Gasteiger partial charge < -0.3 is 10.8 Å². The zero-order chi connectivity index (χ0) is 21.4. The summed E-state index contributed by atoms with van der Waals surface area (Å²) in [6.07, 6.45) is 1.71. The molecule has 30 heavy (non-hydrogen) atoms. The van der Waals surface area contributed by atoms with Crippen molar-refractivity contribution in [1.82, 2.24) is 24.6 Å². The fraction of sp³-hybridized carbons (Fsp3) is 0.150. The molecule has 3 aromatic heterocycles. The lowest BCUT2D eigenvalue weighted by atomic mass is 10.0. The Balaban J connectivity index is 1.78. The van der Waals surface area contributed by atoms with E-state index in [9.17, 15) is 14.3 Å². The summed E-state index contributed by atoms with van der Waals surface area (Å²) in [6, 6.07) is 9.01. The summed E-state index contributed by atoms with van der Waals surface area (Å²) in [6.45, 7) is 1.66. The van der Waals surface area contributed by atoms with Gasteiger partial charge in [0.1, 0.15) is 17.6 Å². The SMILES string of the molecule is C/C(=N/N(C)C(N)=O)c1ccc2ncc(C(O)c3cc4cccnc4cc3F)n2n1. The van der Waals surface area contributed by atoms with E-state index in [4.69, 9.17) is 5.73 Å². The van der Waals surface area contributed by atoms with Crippen LogP contribution in [-0.2, 0) is 0 Å². The van der Waals surface area contributed by atoms with Crippen LogP contribution in [0.2, 0.25) is 0 Å². The highest BCUT2D eigenvalue weighted by molar-refractivity contribution is 5.97. The Morgan fingerprint density at radius 3 is 2.87 bits per heavy atom. The van der Waals surface area contributed by atoms with Gasteiger partial charge in [0.2, 0.25) is 0 Å². The first-order chi connectivity index (χ1) is 14.3. The smallest absolute Gasteiger partial charge is 0.334 e. The molecular formula is C20H18FN7O2. The second kappa shape index (κ2) is 7.48. The predicted octanol–water partition coefficient (Wildman–Crippen LogP) is 2.23. The number of imidazole rings is 1. The molecule has 1 atom stereocenters. The Morgan fingerprint density at radius 1 is 1.30 bits per heavy atom. The van der Waals surface area contributed by atoms with E-state index < -0.39 is 18.0 Å². The number of carbonyl (C=O) groups is 1. The lowest BCUT2D eigenvalue weighted by Gasteiger charge is -2.13. The van der Waals surface area contributed by atoms with Crippen molar-refractivity contribution in [2.75, 3.05) is 7.05 Å². The van der Waals surface area contributed by atoms with E-state index in [0.717, 1.165) is 5.01 Å². The summed E-state index contributed by atoms with van der Waals surface area (Å²) in [5.74, 6) is -0.583. The van der Waals surface area contributed by atoms with Gasteiger partial charge in [0.25, 0.3) is 0 Å². The Kier molecular flexibility index (Phi) is 4.84. The molecular weight excluding hydrogens is 389 g/mol. The Morgan fingerprint density at radius 2 is 2.10 bits per heavy atom. The molecule has 0 spiro atoms. The number of amides is 2. The molecule has 3 heterocycles. The van der Waals surface area contributed by atoms with E-state index >= 15 is 0 Å². The Hall–Kier alpha value is -3.92. The van der Waals surface area contributed by atoms with Gasteiger partial charge in [0, 0.05) is 30.3 Å². The van der Waals surface area contributed by atoms with Gasteiger partial charge >= 0.3 is 6.03 Å². The topological polar surface area (TPSA) is 122 Å². The minimum absolute atomic E-state index is 0.0864. The molecule has 0 aliphatic rings. The number of aliphatic hydroxyl groups is 1. The number of halogens is 1. The third-order valence-electron chi connectivity index (χ3n) is 4.67. The number of pyridine rings is 1. The summed E-state index contributed by atoms with van der Waals surface area (Å²) >= 11 is 0. The van der Waals surface area contributed by atoms with Crippen LogP contribution >= 0.6 is 0 Å². The number of aromatic nitrogens is 4. The first-order valence-electron chi connectivity index (χ1n) is 9.01. The van der Waals surface area contributed by atoms with E-state index in [2.05, 4.69) is 20.2 Å². The van der Waals surface area contributed by atoms with Gasteiger partial charge in [-0.2, -0.15) is 10.2 Å². The van der Waals surface area contributed by atoms with Crippen LogP contribution in [0.1, 0.15) is 30.0 Å². The molecule has 2 amide bonds. The summed E-state index contributed by atoms with van der Waals surface area (Å²) < 4.78 is 16.1. The van der Waals surface area contributed by atoms with Crippen LogP contribution < -0.4 is 5.73 Å². The largest absolute Gasteiger partial charge is 0.382 e.